The predicted octanol–water partition coefficient (Wildman–Crippen LogP) is 3.15. The largest absolute Gasteiger partial charge is 0.322 e. The van der Waals surface area contributed by atoms with Crippen molar-refractivity contribution >= 4 is 34.8 Å². The van der Waals surface area contributed by atoms with Gasteiger partial charge in [-0.05, 0) is 18.2 Å². The van der Waals surface area contributed by atoms with E-state index in [0.717, 1.165) is 5.06 Å². The smallest absolute Gasteiger partial charge is 0.223 e. The summed E-state index contributed by atoms with van der Waals surface area (Å²) >= 11 is 12.3. The van der Waals surface area contributed by atoms with Crippen LogP contribution < -0.4 is 5.32 Å². The van der Waals surface area contributed by atoms with Gasteiger partial charge in [-0.3, -0.25) is 15.1 Å². The lowest BCUT2D eigenvalue weighted by molar-refractivity contribution is -0.114. The van der Waals surface area contributed by atoms with E-state index in [0.29, 0.717) is 47.0 Å². The van der Waals surface area contributed by atoms with E-state index >= 15 is 0 Å². The van der Waals surface area contributed by atoms with Crippen molar-refractivity contribution in [3.63, 3.8) is 0 Å². The first-order chi connectivity index (χ1) is 11.1. The Bertz CT molecular complexity index is 655. The number of guanidine groups is 1. The number of halogens is 2. The Morgan fingerprint density at radius 1 is 1.30 bits per heavy atom. The van der Waals surface area contributed by atoms with Gasteiger partial charge in [0.05, 0.1) is 41.1 Å². The highest BCUT2D eigenvalue weighted by molar-refractivity contribution is 6.39. The van der Waals surface area contributed by atoms with Crippen molar-refractivity contribution in [2.45, 2.75) is 0 Å². The zero-order valence-electron chi connectivity index (χ0n) is 12.2. The number of para-hydroxylation sites is 1. The normalized spacial score (nSPS) is 17.3. The molecule has 0 amide bonds. The summed E-state index contributed by atoms with van der Waals surface area (Å²) in [5, 5.41) is 16.6. The maximum Gasteiger partial charge on any atom is 0.223 e. The predicted molar refractivity (Wildman–Crippen MR) is 90.8 cm³/mol. The molecule has 1 aromatic carbocycles. The van der Waals surface area contributed by atoms with Crippen LogP contribution in [0, 0.1) is 0 Å². The number of allylic oxidation sites excluding steroid dienone is 2. The highest BCUT2D eigenvalue weighted by Gasteiger charge is 2.21. The summed E-state index contributed by atoms with van der Waals surface area (Å²) in [7, 11) is 0. The van der Waals surface area contributed by atoms with Crippen LogP contribution in [0.15, 0.2) is 47.1 Å². The number of nitrogens with one attached hydrogen (secondary N) is 1. The summed E-state index contributed by atoms with van der Waals surface area (Å²) in [6.07, 6.45) is 5.54. The lowest BCUT2D eigenvalue weighted by Gasteiger charge is -2.25. The van der Waals surface area contributed by atoms with Crippen LogP contribution in [0.2, 0.25) is 10.0 Å². The lowest BCUT2D eigenvalue weighted by Crippen LogP contribution is -2.35. The van der Waals surface area contributed by atoms with Crippen molar-refractivity contribution in [2.24, 2.45) is 4.99 Å². The molecule has 122 valence electrons. The van der Waals surface area contributed by atoms with E-state index in [-0.39, 0.29) is 6.61 Å². The van der Waals surface area contributed by atoms with Crippen LogP contribution in [0.4, 0.5) is 5.69 Å². The van der Waals surface area contributed by atoms with E-state index in [1.165, 1.54) is 0 Å². The average Bonchev–Trinajstić information content (AvgIpc) is 2.97. The van der Waals surface area contributed by atoms with Crippen LogP contribution in [0.25, 0.3) is 0 Å². The molecular formula is C15H16Cl2N4O2. The second-order valence-electron chi connectivity index (χ2n) is 4.97. The fraction of sp³-hybridized carbons (Fsp3) is 0.267. The van der Waals surface area contributed by atoms with Crippen LogP contribution in [-0.2, 0) is 4.84 Å². The SMILES string of the molecule is ON1CC=CC=C1CON1CCN=C1Nc1c(Cl)cccc1Cl. The molecule has 3 rings (SSSR count). The molecule has 2 aliphatic rings. The van der Waals surface area contributed by atoms with Crippen molar-refractivity contribution in [2.75, 3.05) is 31.6 Å². The first-order valence-corrected chi connectivity index (χ1v) is 7.89. The maximum absolute atomic E-state index is 9.75. The number of anilines is 1. The zero-order chi connectivity index (χ0) is 16.2. The van der Waals surface area contributed by atoms with E-state index in [2.05, 4.69) is 10.3 Å². The Morgan fingerprint density at radius 3 is 2.83 bits per heavy atom. The monoisotopic (exact) mass is 354 g/mol. The summed E-state index contributed by atoms with van der Waals surface area (Å²) in [4.78, 5) is 10.1. The van der Waals surface area contributed by atoms with Crippen LogP contribution >= 0.6 is 23.2 Å². The van der Waals surface area contributed by atoms with E-state index in [4.69, 9.17) is 28.0 Å². The second-order valence-corrected chi connectivity index (χ2v) is 5.79. The molecule has 0 bridgehead atoms. The third kappa shape index (κ3) is 3.79. The number of hydrogen-bond acceptors (Lipinski definition) is 6. The van der Waals surface area contributed by atoms with Gasteiger partial charge < -0.3 is 5.32 Å². The average molecular weight is 355 g/mol. The minimum Gasteiger partial charge on any atom is -0.322 e. The molecule has 6 nitrogen and oxygen atoms in total. The fourth-order valence-corrected chi connectivity index (χ4v) is 2.69. The van der Waals surface area contributed by atoms with Crippen LogP contribution in [0.5, 0.6) is 0 Å². The van der Waals surface area contributed by atoms with Gasteiger partial charge in [-0.2, -0.15) is 0 Å². The summed E-state index contributed by atoms with van der Waals surface area (Å²) in [6.45, 7) is 1.90. The molecule has 0 saturated heterocycles. The molecule has 2 aliphatic heterocycles. The summed E-state index contributed by atoms with van der Waals surface area (Å²) in [5.41, 5.74) is 1.27. The van der Waals surface area contributed by atoms with Gasteiger partial charge in [-0.25, -0.2) is 10.1 Å². The van der Waals surface area contributed by atoms with Crippen LogP contribution in [-0.4, -0.2) is 47.5 Å². The molecule has 0 aliphatic carbocycles. The van der Waals surface area contributed by atoms with Crippen LogP contribution in [0.1, 0.15) is 0 Å². The Balaban J connectivity index is 1.64. The molecule has 0 aromatic heterocycles. The maximum atomic E-state index is 9.75. The quantitative estimate of drug-likeness (QED) is 0.869. The topological polar surface area (TPSA) is 60.3 Å². The van der Waals surface area contributed by atoms with Gasteiger partial charge in [0.1, 0.15) is 6.61 Å². The second kappa shape index (κ2) is 7.23. The van der Waals surface area contributed by atoms with Gasteiger partial charge in [0.2, 0.25) is 5.96 Å². The first kappa shape index (κ1) is 16.1. The third-order valence-electron chi connectivity index (χ3n) is 3.40. The molecule has 2 N–H and O–H groups in total. The number of benzene rings is 1. The highest BCUT2D eigenvalue weighted by atomic mass is 35.5. The van der Waals surface area contributed by atoms with Gasteiger partial charge >= 0.3 is 0 Å². The lowest BCUT2D eigenvalue weighted by atomic mass is 10.3. The Kier molecular flexibility index (Phi) is 5.07. The molecule has 23 heavy (non-hydrogen) atoms. The van der Waals surface area contributed by atoms with E-state index in [1.54, 1.807) is 29.3 Å². The van der Waals surface area contributed by atoms with Gasteiger partial charge in [-0.1, -0.05) is 41.4 Å². The summed E-state index contributed by atoms with van der Waals surface area (Å²) in [6, 6.07) is 5.28. The Labute approximate surface area is 144 Å². The number of hydroxylamine groups is 4. The van der Waals surface area contributed by atoms with Crippen LogP contribution in [0.3, 0.4) is 0 Å². The van der Waals surface area contributed by atoms with Crippen molar-refractivity contribution in [1.29, 1.82) is 0 Å². The van der Waals surface area contributed by atoms with E-state index in [9.17, 15) is 5.21 Å². The number of hydrogen-bond donors (Lipinski definition) is 2. The number of rotatable bonds is 4. The van der Waals surface area contributed by atoms with Crippen molar-refractivity contribution in [3.8, 4) is 0 Å². The number of nitrogens with zero attached hydrogens (tertiary/aromatic N) is 3. The molecule has 0 atom stereocenters. The Hall–Kier alpha value is -1.73. The van der Waals surface area contributed by atoms with Gasteiger partial charge in [0.25, 0.3) is 0 Å². The van der Waals surface area contributed by atoms with Crippen molar-refractivity contribution in [1.82, 2.24) is 10.1 Å². The number of aliphatic imine (C=N–C) groups is 1. The fourth-order valence-electron chi connectivity index (χ4n) is 2.20. The molecule has 0 saturated carbocycles. The standard InChI is InChI=1S/C15H16Cl2N4O2/c16-12-5-3-6-13(17)14(12)19-15-18-7-9-21(15)23-10-11-4-1-2-8-20(11)22/h1-6,22H,7-10H2,(H,18,19). The molecule has 0 unspecified atom stereocenters. The molecule has 0 radical (unpaired) electrons. The minimum atomic E-state index is 0.234. The van der Waals surface area contributed by atoms with Gasteiger partial charge in [-0.15, -0.1) is 0 Å². The van der Waals surface area contributed by atoms with Gasteiger partial charge in [0.15, 0.2) is 0 Å². The first-order valence-electron chi connectivity index (χ1n) is 7.13. The third-order valence-corrected chi connectivity index (χ3v) is 4.03. The van der Waals surface area contributed by atoms with E-state index in [1.807, 2.05) is 12.2 Å². The molecule has 0 spiro atoms. The molecular weight excluding hydrogens is 339 g/mol. The van der Waals surface area contributed by atoms with E-state index < -0.39 is 0 Å². The summed E-state index contributed by atoms with van der Waals surface area (Å²) in [5.74, 6) is 0.538. The molecule has 0 fully saturated rings. The molecule has 8 heteroatoms. The van der Waals surface area contributed by atoms with Gasteiger partial charge in [0, 0.05) is 0 Å². The zero-order valence-corrected chi connectivity index (χ0v) is 13.8. The minimum absolute atomic E-state index is 0.234. The molecule has 1 aromatic rings. The summed E-state index contributed by atoms with van der Waals surface area (Å²) < 4.78 is 0. The molecule has 2 heterocycles. The van der Waals surface area contributed by atoms with Crippen molar-refractivity contribution < 1.29 is 10.0 Å². The van der Waals surface area contributed by atoms with Crippen molar-refractivity contribution in [3.05, 3.63) is 52.2 Å². The highest BCUT2D eigenvalue weighted by Crippen LogP contribution is 2.30. The Morgan fingerprint density at radius 2 is 2.09 bits per heavy atom.